The summed E-state index contributed by atoms with van der Waals surface area (Å²) in [6.45, 7) is 0.409. The number of carbonyl (C=O) groups is 2. The summed E-state index contributed by atoms with van der Waals surface area (Å²) in [5.74, 6) is 0.709. The topological polar surface area (TPSA) is 108 Å². The highest BCUT2D eigenvalue weighted by Crippen LogP contribution is 2.42. The molecule has 2 amide bonds. The number of nitrogens with one attached hydrogen (secondary N) is 1. The fraction of sp³-hybridized carbons (Fsp3) is 0.222. The van der Waals surface area contributed by atoms with Crippen molar-refractivity contribution in [3.8, 4) is 23.3 Å². The number of carbonyl (C=O) groups excluding carboxylic acids is 2. The lowest BCUT2D eigenvalue weighted by molar-refractivity contribution is -0.122. The summed E-state index contributed by atoms with van der Waals surface area (Å²) in [5.41, 5.74) is 3.41. The van der Waals surface area contributed by atoms with Gasteiger partial charge >= 0.3 is 0 Å². The van der Waals surface area contributed by atoms with Crippen LogP contribution in [0.3, 0.4) is 0 Å². The number of benzene rings is 2. The summed E-state index contributed by atoms with van der Waals surface area (Å²) in [6.07, 6.45) is 3.92. The van der Waals surface area contributed by atoms with Crippen molar-refractivity contribution in [2.45, 2.75) is 13.0 Å². The summed E-state index contributed by atoms with van der Waals surface area (Å²) >= 11 is 0. The fourth-order valence-corrected chi connectivity index (χ4v) is 4.84. The van der Waals surface area contributed by atoms with Gasteiger partial charge in [0.2, 0.25) is 0 Å². The minimum absolute atomic E-state index is 0.267. The molecule has 1 aliphatic heterocycles. The Kier molecular flexibility index (Phi) is 5.65. The van der Waals surface area contributed by atoms with Gasteiger partial charge in [0.05, 0.1) is 50.5 Å². The van der Waals surface area contributed by atoms with Crippen molar-refractivity contribution >= 4 is 44.8 Å². The molecule has 5 rings (SSSR count). The summed E-state index contributed by atoms with van der Waals surface area (Å²) < 4.78 is 20.2. The lowest BCUT2D eigenvalue weighted by atomic mass is 9.95. The van der Waals surface area contributed by atoms with Crippen molar-refractivity contribution < 1.29 is 23.8 Å². The van der Waals surface area contributed by atoms with Crippen LogP contribution in [0.25, 0.3) is 33.0 Å². The van der Waals surface area contributed by atoms with E-state index in [1.54, 1.807) is 26.5 Å². The van der Waals surface area contributed by atoms with E-state index < -0.39 is 11.8 Å². The van der Waals surface area contributed by atoms with Crippen LogP contribution in [-0.4, -0.2) is 42.3 Å². The Morgan fingerprint density at radius 1 is 0.861 bits per heavy atom. The Balaban J connectivity index is 1.84. The van der Waals surface area contributed by atoms with E-state index in [2.05, 4.69) is 11.4 Å². The van der Waals surface area contributed by atoms with Crippen LogP contribution >= 0.6 is 0 Å². The van der Waals surface area contributed by atoms with Crippen molar-refractivity contribution in [1.29, 1.82) is 5.26 Å². The molecule has 0 spiro atoms. The van der Waals surface area contributed by atoms with Crippen molar-refractivity contribution in [2.24, 2.45) is 7.05 Å². The number of aryl methyl sites for hydroxylation is 2. The Bertz CT molecular complexity index is 1630. The van der Waals surface area contributed by atoms with Gasteiger partial charge < -0.3 is 23.3 Å². The molecule has 0 saturated carbocycles. The van der Waals surface area contributed by atoms with Gasteiger partial charge in [-0.25, -0.2) is 0 Å². The third kappa shape index (κ3) is 3.46. The number of fused-ring (bicyclic) bond motifs is 2. The van der Waals surface area contributed by atoms with Gasteiger partial charge in [-0.05, 0) is 24.3 Å². The van der Waals surface area contributed by atoms with Gasteiger partial charge in [0.25, 0.3) is 11.8 Å². The Morgan fingerprint density at radius 3 is 2.14 bits per heavy atom. The molecule has 1 aliphatic rings. The number of amides is 2. The summed E-state index contributed by atoms with van der Waals surface area (Å²) in [5, 5.41) is 13.2. The molecule has 9 nitrogen and oxygen atoms in total. The first kappa shape index (κ1) is 23.1. The molecule has 4 aromatic rings. The number of rotatable bonds is 7. The minimum Gasteiger partial charge on any atom is -0.497 e. The number of hydrogen-bond donors (Lipinski definition) is 1. The molecule has 1 N–H and O–H groups in total. The zero-order chi connectivity index (χ0) is 25.6. The van der Waals surface area contributed by atoms with Crippen molar-refractivity contribution in [3.63, 3.8) is 0 Å². The maximum atomic E-state index is 13.2. The summed E-state index contributed by atoms with van der Waals surface area (Å²) in [7, 11) is 6.55. The van der Waals surface area contributed by atoms with Crippen LogP contribution in [0, 0.1) is 11.3 Å². The first-order valence-corrected chi connectivity index (χ1v) is 11.3. The normalized spacial score (nSPS) is 13.4. The highest BCUT2D eigenvalue weighted by atomic mass is 16.5. The molecule has 0 unspecified atom stereocenters. The van der Waals surface area contributed by atoms with Gasteiger partial charge in [-0.15, -0.1) is 0 Å². The second-order valence-corrected chi connectivity index (χ2v) is 8.44. The lowest BCUT2D eigenvalue weighted by Gasteiger charge is -2.09. The Labute approximate surface area is 207 Å². The quantitative estimate of drug-likeness (QED) is 0.402. The van der Waals surface area contributed by atoms with E-state index >= 15 is 0 Å². The molecule has 2 aromatic carbocycles. The highest BCUT2D eigenvalue weighted by Gasteiger charge is 2.35. The van der Waals surface area contributed by atoms with E-state index in [1.807, 2.05) is 46.6 Å². The van der Waals surface area contributed by atoms with Crippen LogP contribution in [0.4, 0.5) is 0 Å². The second-order valence-electron chi connectivity index (χ2n) is 8.44. The van der Waals surface area contributed by atoms with Gasteiger partial charge in [0.1, 0.15) is 5.75 Å². The number of nitrogens with zero attached hydrogens (tertiary/aromatic N) is 3. The molecule has 0 saturated heterocycles. The van der Waals surface area contributed by atoms with E-state index in [0.717, 1.165) is 16.4 Å². The van der Waals surface area contributed by atoms with Crippen molar-refractivity contribution in [2.75, 3.05) is 21.3 Å². The molecule has 182 valence electrons. The van der Waals surface area contributed by atoms with Crippen LogP contribution < -0.4 is 19.5 Å². The summed E-state index contributed by atoms with van der Waals surface area (Å²) in [6, 6.07) is 11.4. The number of hydrogen-bond acceptors (Lipinski definition) is 6. The van der Waals surface area contributed by atoms with E-state index in [4.69, 9.17) is 14.2 Å². The number of methoxy groups -OCH3 is 3. The number of imide groups is 1. The maximum Gasteiger partial charge on any atom is 0.259 e. The predicted molar refractivity (Wildman–Crippen MR) is 135 cm³/mol. The van der Waals surface area contributed by atoms with Gasteiger partial charge in [0, 0.05) is 59.5 Å². The molecule has 0 radical (unpaired) electrons. The first-order valence-electron chi connectivity index (χ1n) is 11.3. The first-order chi connectivity index (χ1) is 17.4. The van der Waals surface area contributed by atoms with Crippen molar-refractivity contribution in [1.82, 2.24) is 14.5 Å². The van der Waals surface area contributed by atoms with Gasteiger partial charge in [-0.3, -0.25) is 14.9 Å². The Morgan fingerprint density at radius 2 is 1.50 bits per heavy atom. The molecule has 9 heteroatoms. The van der Waals surface area contributed by atoms with Crippen LogP contribution in [-0.2, 0) is 23.2 Å². The average Bonchev–Trinajstić information content (AvgIpc) is 3.50. The molecular weight excluding hydrogens is 460 g/mol. The molecule has 0 aliphatic carbocycles. The number of nitriles is 1. The SMILES string of the molecule is COc1ccc2c(c1)c(C1=C(c3cn(CCC#N)c4cc(OC)c(OC)cc34)C(=O)NC1=O)cn2C. The predicted octanol–water partition coefficient (Wildman–Crippen LogP) is 3.64. The largest absolute Gasteiger partial charge is 0.497 e. The van der Waals surface area contributed by atoms with Crippen LogP contribution in [0.5, 0.6) is 17.2 Å². The molecule has 0 fully saturated rings. The van der Waals surface area contributed by atoms with Gasteiger partial charge in [-0.2, -0.15) is 5.26 Å². The molecule has 2 aromatic heterocycles. The molecule has 36 heavy (non-hydrogen) atoms. The van der Waals surface area contributed by atoms with Crippen LogP contribution in [0.2, 0.25) is 0 Å². The van der Waals surface area contributed by atoms with E-state index in [1.165, 1.54) is 7.11 Å². The third-order valence-electron chi connectivity index (χ3n) is 6.52. The molecular formula is C27H24N4O5. The van der Waals surface area contributed by atoms with Crippen LogP contribution in [0.1, 0.15) is 17.5 Å². The summed E-state index contributed by atoms with van der Waals surface area (Å²) in [4.78, 5) is 26.4. The third-order valence-corrected chi connectivity index (χ3v) is 6.52. The second kappa shape index (κ2) is 8.82. The lowest BCUT2D eigenvalue weighted by Crippen LogP contribution is -2.22. The standard InChI is InChI=1S/C27H24N4O5/c1-30-13-18(16-10-15(34-2)6-7-20(16)30)24-25(27(33)29-26(24)32)19-14-31(9-5-8-28)21-12-23(36-4)22(35-3)11-17(19)21/h6-7,10-14H,5,9H2,1-4H3,(H,29,32,33). The zero-order valence-electron chi connectivity index (χ0n) is 20.3. The molecule has 0 atom stereocenters. The van der Waals surface area contributed by atoms with E-state index in [0.29, 0.717) is 40.3 Å². The van der Waals surface area contributed by atoms with Crippen LogP contribution in [0.15, 0.2) is 42.7 Å². The highest BCUT2D eigenvalue weighted by molar-refractivity contribution is 6.50. The van der Waals surface area contributed by atoms with Gasteiger partial charge in [0.15, 0.2) is 11.5 Å². The fourth-order valence-electron chi connectivity index (χ4n) is 4.84. The van der Waals surface area contributed by atoms with E-state index in [-0.39, 0.29) is 17.6 Å². The van der Waals surface area contributed by atoms with Gasteiger partial charge in [-0.1, -0.05) is 0 Å². The van der Waals surface area contributed by atoms with E-state index in [9.17, 15) is 14.9 Å². The molecule has 3 heterocycles. The monoisotopic (exact) mass is 484 g/mol. The Hall–Kier alpha value is -4.71. The smallest absolute Gasteiger partial charge is 0.259 e. The maximum absolute atomic E-state index is 13.2. The number of ether oxygens (including phenoxy) is 3. The van der Waals surface area contributed by atoms with Crippen molar-refractivity contribution in [3.05, 3.63) is 53.9 Å². The molecule has 0 bridgehead atoms. The minimum atomic E-state index is -0.482. The zero-order valence-corrected chi connectivity index (χ0v) is 20.3. The number of aromatic nitrogens is 2. The average molecular weight is 485 g/mol.